The van der Waals surface area contributed by atoms with E-state index in [0.29, 0.717) is 26.1 Å². The monoisotopic (exact) mass is 509 g/mol. The molecular weight excluding hydrogens is 474 g/mol. The molecule has 2 bridgehead atoms. The summed E-state index contributed by atoms with van der Waals surface area (Å²) < 4.78 is 31.3. The first-order valence-corrected chi connectivity index (χ1v) is 13.0. The lowest BCUT2D eigenvalue weighted by Crippen LogP contribution is -2.61. The molecule has 2 aromatic rings. The van der Waals surface area contributed by atoms with Crippen molar-refractivity contribution in [3.05, 3.63) is 82.2 Å². The standard InChI is InChI=1S/C28H35N3O6/c1-17-23(30-31-29)27-33-14-13-21(35-27)25(17)37-28-26(34-16-20-11-7-4-8-12-20)18(2)24(32)22(36-28)15-19-9-5-3-6-10-19/h3-12,17-18,21-28,32H,13-16H2,1-2H3. The number of nitrogens with zero attached hydrogens (tertiary/aromatic N) is 3. The normalized spacial score (nSPS) is 37.5. The number of fused-ring (bicyclic) bond motifs is 2. The van der Waals surface area contributed by atoms with Crippen LogP contribution in [0.3, 0.4) is 0 Å². The van der Waals surface area contributed by atoms with Crippen LogP contribution in [0, 0.1) is 11.8 Å². The topological polar surface area (TPSA) is 115 Å². The highest BCUT2D eigenvalue weighted by molar-refractivity contribution is 5.17. The SMILES string of the molecule is CC1C(N=[N+]=[N-])C2OCCC(O2)C1OC1OC(Cc2ccccc2)C(O)C(C)C1OCc1ccccc1. The quantitative estimate of drug-likeness (QED) is 0.321. The van der Waals surface area contributed by atoms with Crippen molar-refractivity contribution in [2.24, 2.45) is 17.0 Å². The van der Waals surface area contributed by atoms with Crippen LogP contribution in [0.1, 0.15) is 31.4 Å². The predicted molar refractivity (Wildman–Crippen MR) is 135 cm³/mol. The van der Waals surface area contributed by atoms with Crippen LogP contribution < -0.4 is 0 Å². The first kappa shape index (κ1) is 26.1. The molecule has 9 nitrogen and oxygen atoms in total. The van der Waals surface area contributed by atoms with Gasteiger partial charge in [0.05, 0.1) is 43.7 Å². The van der Waals surface area contributed by atoms with Gasteiger partial charge in [-0.25, -0.2) is 0 Å². The number of rotatable bonds is 8. The number of aliphatic hydroxyl groups excluding tert-OH is 1. The Morgan fingerprint density at radius 3 is 2.38 bits per heavy atom. The molecule has 3 aliphatic rings. The molecule has 1 N–H and O–H groups in total. The minimum absolute atomic E-state index is 0.159. The summed E-state index contributed by atoms with van der Waals surface area (Å²) in [6.07, 6.45) is -2.40. The maximum atomic E-state index is 11.2. The molecule has 0 saturated carbocycles. The molecule has 0 aliphatic carbocycles. The van der Waals surface area contributed by atoms with Crippen molar-refractivity contribution in [1.82, 2.24) is 0 Å². The number of azide groups is 1. The van der Waals surface area contributed by atoms with Crippen LogP contribution in [-0.2, 0) is 36.7 Å². The number of benzene rings is 2. The van der Waals surface area contributed by atoms with Gasteiger partial charge in [0.15, 0.2) is 12.6 Å². The van der Waals surface area contributed by atoms with Crippen LogP contribution in [0.4, 0.5) is 0 Å². The Labute approximate surface area is 217 Å². The van der Waals surface area contributed by atoms with E-state index < -0.39 is 36.9 Å². The Kier molecular flexibility index (Phi) is 8.42. The van der Waals surface area contributed by atoms with Crippen molar-refractivity contribution in [3.8, 4) is 0 Å². The lowest BCUT2D eigenvalue weighted by molar-refractivity contribution is -0.347. The van der Waals surface area contributed by atoms with E-state index in [-0.39, 0.29) is 24.0 Å². The van der Waals surface area contributed by atoms with Gasteiger partial charge in [0.2, 0.25) is 0 Å². The van der Waals surface area contributed by atoms with Gasteiger partial charge >= 0.3 is 0 Å². The molecule has 3 saturated heterocycles. The maximum absolute atomic E-state index is 11.2. The van der Waals surface area contributed by atoms with E-state index in [4.69, 9.17) is 29.2 Å². The smallest absolute Gasteiger partial charge is 0.184 e. The average molecular weight is 510 g/mol. The molecule has 2 aromatic carbocycles. The van der Waals surface area contributed by atoms with Crippen molar-refractivity contribution >= 4 is 0 Å². The van der Waals surface area contributed by atoms with E-state index in [1.165, 1.54) is 0 Å². The van der Waals surface area contributed by atoms with Gasteiger partial charge in [-0.1, -0.05) is 79.6 Å². The third-order valence-corrected chi connectivity index (χ3v) is 7.75. The number of aliphatic hydroxyl groups is 1. The molecule has 5 rings (SSSR count). The molecule has 3 fully saturated rings. The van der Waals surface area contributed by atoms with Crippen molar-refractivity contribution in [1.29, 1.82) is 0 Å². The summed E-state index contributed by atoms with van der Waals surface area (Å²) in [5.74, 6) is -0.403. The van der Waals surface area contributed by atoms with Crippen LogP contribution in [-0.4, -0.2) is 60.9 Å². The summed E-state index contributed by atoms with van der Waals surface area (Å²) in [6.45, 7) is 4.84. The Hall–Kier alpha value is -2.49. The third kappa shape index (κ3) is 5.84. The molecule has 198 valence electrons. The summed E-state index contributed by atoms with van der Waals surface area (Å²) in [6, 6.07) is 19.4. The van der Waals surface area contributed by atoms with Crippen molar-refractivity contribution < 1.29 is 28.8 Å². The Morgan fingerprint density at radius 2 is 1.68 bits per heavy atom. The molecule has 0 amide bonds. The highest BCUT2D eigenvalue weighted by Crippen LogP contribution is 2.39. The fourth-order valence-corrected chi connectivity index (χ4v) is 5.60. The van der Waals surface area contributed by atoms with E-state index in [1.54, 1.807) is 0 Å². The highest BCUT2D eigenvalue weighted by Gasteiger charge is 2.51. The third-order valence-electron chi connectivity index (χ3n) is 7.75. The van der Waals surface area contributed by atoms with Gasteiger partial charge in [0.1, 0.15) is 6.10 Å². The summed E-state index contributed by atoms with van der Waals surface area (Å²) >= 11 is 0. The zero-order valence-electron chi connectivity index (χ0n) is 21.2. The lowest BCUT2D eigenvalue weighted by Gasteiger charge is -2.50. The van der Waals surface area contributed by atoms with E-state index >= 15 is 0 Å². The number of hydrogen-bond acceptors (Lipinski definition) is 7. The summed E-state index contributed by atoms with van der Waals surface area (Å²) in [5, 5.41) is 15.2. The Morgan fingerprint density at radius 1 is 0.973 bits per heavy atom. The molecule has 3 heterocycles. The molecule has 0 aromatic heterocycles. The molecule has 10 unspecified atom stereocenters. The van der Waals surface area contributed by atoms with E-state index in [9.17, 15) is 5.11 Å². The van der Waals surface area contributed by atoms with E-state index in [2.05, 4.69) is 10.0 Å². The maximum Gasteiger partial charge on any atom is 0.184 e. The predicted octanol–water partition coefficient (Wildman–Crippen LogP) is 4.38. The largest absolute Gasteiger partial charge is 0.390 e. The first-order chi connectivity index (χ1) is 18.0. The van der Waals surface area contributed by atoms with E-state index in [1.807, 2.05) is 74.5 Å². The molecule has 3 aliphatic heterocycles. The summed E-state index contributed by atoms with van der Waals surface area (Å²) in [4.78, 5) is 3.02. The second kappa shape index (κ2) is 11.9. The van der Waals surface area contributed by atoms with Gasteiger partial charge in [-0.3, -0.25) is 0 Å². The number of hydrogen-bond donors (Lipinski definition) is 1. The lowest BCUT2D eigenvalue weighted by atomic mass is 9.85. The minimum Gasteiger partial charge on any atom is -0.390 e. The van der Waals surface area contributed by atoms with Crippen LogP contribution in [0.2, 0.25) is 0 Å². The van der Waals surface area contributed by atoms with Gasteiger partial charge in [0.25, 0.3) is 0 Å². The molecule has 0 radical (unpaired) electrons. The second-order valence-corrected chi connectivity index (χ2v) is 10.2. The van der Waals surface area contributed by atoms with E-state index in [0.717, 1.165) is 11.1 Å². The second-order valence-electron chi connectivity index (χ2n) is 10.2. The fourth-order valence-electron chi connectivity index (χ4n) is 5.60. The molecule has 37 heavy (non-hydrogen) atoms. The van der Waals surface area contributed by atoms with Crippen molar-refractivity contribution in [2.75, 3.05) is 6.61 Å². The fraction of sp³-hybridized carbons (Fsp3) is 0.571. The Balaban J connectivity index is 1.38. The van der Waals surface area contributed by atoms with Crippen molar-refractivity contribution in [3.63, 3.8) is 0 Å². The van der Waals surface area contributed by atoms with Gasteiger partial charge < -0.3 is 28.8 Å². The van der Waals surface area contributed by atoms with Crippen molar-refractivity contribution in [2.45, 2.75) is 82.4 Å². The molecular formula is C28H35N3O6. The zero-order valence-corrected chi connectivity index (χ0v) is 21.2. The average Bonchev–Trinajstić information content (AvgIpc) is 2.93. The Bertz CT molecular complexity index is 1050. The van der Waals surface area contributed by atoms with Gasteiger partial charge in [-0.05, 0) is 29.0 Å². The van der Waals surface area contributed by atoms with Crippen LogP contribution in [0.15, 0.2) is 65.8 Å². The zero-order chi connectivity index (χ0) is 25.8. The van der Waals surface area contributed by atoms with Gasteiger partial charge in [0, 0.05) is 17.3 Å². The molecule has 9 heteroatoms. The molecule has 0 spiro atoms. The highest BCUT2D eigenvalue weighted by atomic mass is 16.7. The summed E-state index contributed by atoms with van der Waals surface area (Å²) in [7, 11) is 0. The van der Waals surface area contributed by atoms with Gasteiger partial charge in [-0.15, -0.1) is 0 Å². The van der Waals surface area contributed by atoms with Gasteiger partial charge in [-0.2, -0.15) is 0 Å². The van der Waals surface area contributed by atoms with Crippen LogP contribution in [0.25, 0.3) is 10.4 Å². The van der Waals surface area contributed by atoms with Crippen LogP contribution in [0.5, 0.6) is 0 Å². The number of ether oxygens (including phenoxy) is 5. The summed E-state index contributed by atoms with van der Waals surface area (Å²) in [5.41, 5.74) is 11.2. The minimum atomic E-state index is -0.738. The molecule has 10 atom stereocenters. The van der Waals surface area contributed by atoms with Crippen LogP contribution >= 0.6 is 0 Å². The first-order valence-electron chi connectivity index (χ1n) is 13.0.